The van der Waals surface area contributed by atoms with Gasteiger partial charge in [0.1, 0.15) is 5.82 Å². The first-order valence-electron chi connectivity index (χ1n) is 4.73. The van der Waals surface area contributed by atoms with Gasteiger partial charge < -0.3 is 0 Å². The Morgan fingerprint density at radius 3 is 2.47 bits per heavy atom. The minimum Gasteiger partial charge on any atom is -0.259 e. The Kier molecular flexibility index (Phi) is 2.26. The van der Waals surface area contributed by atoms with Crippen molar-refractivity contribution in [3.63, 3.8) is 0 Å². The normalized spacial score (nSPS) is 10.7. The fourth-order valence-electron chi connectivity index (χ4n) is 1.49. The number of nitrogens with zero attached hydrogens (tertiary/aromatic N) is 3. The Balaban J connectivity index is 2.59. The first-order chi connectivity index (χ1) is 7.09. The third-order valence-electron chi connectivity index (χ3n) is 2.59. The van der Waals surface area contributed by atoms with Crippen LogP contribution in [0.4, 0.5) is 4.39 Å². The molecule has 0 spiro atoms. The Bertz CT molecular complexity index is 503. The summed E-state index contributed by atoms with van der Waals surface area (Å²) >= 11 is 0. The van der Waals surface area contributed by atoms with Gasteiger partial charge in [-0.3, -0.25) is 4.98 Å². The zero-order valence-corrected chi connectivity index (χ0v) is 8.95. The van der Waals surface area contributed by atoms with Gasteiger partial charge >= 0.3 is 0 Å². The van der Waals surface area contributed by atoms with Gasteiger partial charge in [-0.2, -0.15) is 5.10 Å². The molecule has 0 aliphatic rings. The number of pyridine rings is 1. The first-order valence-corrected chi connectivity index (χ1v) is 4.73. The summed E-state index contributed by atoms with van der Waals surface area (Å²) in [5.74, 6) is -0.349. The minimum absolute atomic E-state index is 0.349. The van der Waals surface area contributed by atoms with E-state index in [1.165, 1.54) is 12.3 Å². The quantitative estimate of drug-likeness (QED) is 0.715. The molecule has 0 aliphatic heterocycles. The summed E-state index contributed by atoms with van der Waals surface area (Å²) in [5.41, 5.74) is 3.75. The highest BCUT2D eigenvalue weighted by Gasteiger charge is 2.09. The third-order valence-corrected chi connectivity index (χ3v) is 2.59. The Morgan fingerprint density at radius 1 is 1.20 bits per heavy atom. The van der Waals surface area contributed by atoms with Gasteiger partial charge in [-0.05, 0) is 26.3 Å². The van der Waals surface area contributed by atoms with Crippen LogP contribution in [-0.2, 0) is 0 Å². The van der Waals surface area contributed by atoms with Crippen LogP contribution < -0.4 is 0 Å². The molecular weight excluding hydrogens is 193 g/mol. The van der Waals surface area contributed by atoms with E-state index in [0.717, 1.165) is 17.0 Å². The van der Waals surface area contributed by atoms with E-state index < -0.39 is 0 Å². The van der Waals surface area contributed by atoms with Crippen molar-refractivity contribution in [1.29, 1.82) is 0 Å². The van der Waals surface area contributed by atoms with Crippen LogP contribution in [-0.4, -0.2) is 14.8 Å². The van der Waals surface area contributed by atoms with Gasteiger partial charge in [-0.15, -0.1) is 0 Å². The molecule has 0 bridgehead atoms. The van der Waals surface area contributed by atoms with Crippen LogP contribution in [0.25, 0.3) is 5.69 Å². The standard InChI is InChI=1S/C11H12FN3/c1-7-8(2)14-15(9(7)3)11-4-10(12)5-13-6-11/h4-6H,1-3H3. The Hall–Kier alpha value is -1.71. The summed E-state index contributed by atoms with van der Waals surface area (Å²) in [5, 5.41) is 4.33. The molecule has 0 aliphatic carbocycles. The molecule has 2 aromatic rings. The smallest absolute Gasteiger partial charge is 0.143 e. The number of aromatic nitrogens is 3. The molecule has 0 saturated heterocycles. The highest BCUT2D eigenvalue weighted by Crippen LogP contribution is 2.16. The van der Waals surface area contributed by atoms with Gasteiger partial charge in [0.05, 0.1) is 23.8 Å². The number of hydrogen-bond acceptors (Lipinski definition) is 2. The van der Waals surface area contributed by atoms with Crippen LogP contribution in [0.1, 0.15) is 17.0 Å². The van der Waals surface area contributed by atoms with Crippen LogP contribution in [0.5, 0.6) is 0 Å². The highest BCUT2D eigenvalue weighted by molar-refractivity contribution is 5.34. The number of rotatable bonds is 1. The maximum absolute atomic E-state index is 13.0. The monoisotopic (exact) mass is 205 g/mol. The van der Waals surface area contributed by atoms with E-state index in [1.54, 1.807) is 10.9 Å². The van der Waals surface area contributed by atoms with Crippen LogP contribution in [0.3, 0.4) is 0 Å². The maximum atomic E-state index is 13.0. The molecule has 0 fully saturated rings. The second-order valence-corrected chi connectivity index (χ2v) is 3.57. The van der Waals surface area contributed by atoms with E-state index in [1.807, 2.05) is 20.8 Å². The van der Waals surface area contributed by atoms with E-state index in [4.69, 9.17) is 0 Å². The average molecular weight is 205 g/mol. The predicted molar refractivity (Wildman–Crippen MR) is 55.5 cm³/mol. The largest absolute Gasteiger partial charge is 0.259 e. The van der Waals surface area contributed by atoms with E-state index in [0.29, 0.717) is 5.69 Å². The highest BCUT2D eigenvalue weighted by atomic mass is 19.1. The molecule has 4 heteroatoms. The zero-order chi connectivity index (χ0) is 11.0. The van der Waals surface area contributed by atoms with Gasteiger partial charge in [-0.1, -0.05) is 0 Å². The molecule has 0 unspecified atom stereocenters. The first kappa shape index (κ1) is 9.83. The van der Waals surface area contributed by atoms with Crippen molar-refractivity contribution < 1.29 is 4.39 Å². The van der Waals surface area contributed by atoms with Crippen molar-refractivity contribution in [3.05, 3.63) is 41.2 Å². The van der Waals surface area contributed by atoms with Gasteiger partial charge in [0, 0.05) is 11.8 Å². The van der Waals surface area contributed by atoms with E-state index in [2.05, 4.69) is 10.1 Å². The van der Waals surface area contributed by atoms with Crippen molar-refractivity contribution in [2.75, 3.05) is 0 Å². The van der Waals surface area contributed by atoms with Gasteiger partial charge in [0.15, 0.2) is 0 Å². The number of hydrogen-bond donors (Lipinski definition) is 0. The lowest BCUT2D eigenvalue weighted by molar-refractivity contribution is 0.618. The molecule has 0 saturated carbocycles. The molecule has 0 radical (unpaired) electrons. The minimum atomic E-state index is -0.349. The Labute approximate surface area is 87.6 Å². The van der Waals surface area contributed by atoms with Gasteiger partial charge in [-0.25, -0.2) is 9.07 Å². The molecule has 2 heterocycles. The summed E-state index contributed by atoms with van der Waals surface area (Å²) in [6, 6.07) is 1.42. The van der Waals surface area contributed by atoms with Crippen molar-refractivity contribution in [2.24, 2.45) is 0 Å². The molecule has 2 aromatic heterocycles. The Morgan fingerprint density at radius 2 is 1.93 bits per heavy atom. The van der Waals surface area contributed by atoms with Gasteiger partial charge in [0.2, 0.25) is 0 Å². The van der Waals surface area contributed by atoms with E-state index in [-0.39, 0.29) is 5.82 Å². The molecule has 0 N–H and O–H groups in total. The summed E-state index contributed by atoms with van der Waals surface area (Å²) in [6.07, 6.45) is 2.78. The lowest BCUT2D eigenvalue weighted by Gasteiger charge is -2.03. The van der Waals surface area contributed by atoms with Crippen molar-refractivity contribution in [1.82, 2.24) is 14.8 Å². The van der Waals surface area contributed by atoms with Crippen molar-refractivity contribution in [3.8, 4) is 5.69 Å². The summed E-state index contributed by atoms with van der Waals surface area (Å²) < 4.78 is 14.7. The lowest BCUT2D eigenvalue weighted by atomic mass is 10.2. The number of aryl methyl sites for hydroxylation is 1. The molecule has 0 aromatic carbocycles. The average Bonchev–Trinajstić information content (AvgIpc) is 2.46. The van der Waals surface area contributed by atoms with Crippen LogP contribution in [0.15, 0.2) is 18.5 Å². The molecule has 0 amide bonds. The van der Waals surface area contributed by atoms with E-state index >= 15 is 0 Å². The predicted octanol–water partition coefficient (Wildman–Crippen LogP) is 2.33. The molecule has 78 valence electrons. The second-order valence-electron chi connectivity index (χ2n) is 3.57. The summed E-state index contributed by atoms with van der Waals surface area (Å²) in [7, 11) is 0. The molecule has 0 atom stereocenters. The van der Waals surface area contributed by atoms with Crippen LogP contribution >= 0.6 is 0 Å². The molecule has 15 heavy (non-hydrogen) atoms. The molecule has 3 nitrogen and oxygen atoms in total. The zero-order valence-electron chi connectivity index (χ0n) is 8.95. The lowest BCUT2D eigenvalue weighted by Crippen LogP contribution is -2.00. The summed E-state index contributed by atoms with van der Waals surface area (Å²) in [6.45, 7) is 5.90. The number of halogens is 1. The summed E-state index contributed by atoms with van der Waals surface area (Å²) in [4.78, 5) is 3.80. The van der Waals surface area contributed by atoms with Gasteiger partial charge in [0.25, 0.3) is 0 Å². The van der Waals surface area contributed by atoms with Crippen molar-refractivity contribution in [2.45, 2.75) is 20.8 Å². The van der Waals surface area contributed by atoms with Crippen LogP contribution in [0.2, 0.25) is 0 Å². The van der Waals surface area contributed by atoms with E-state index in [9.17, 15) is 4.39 Å². The topological polar surface area (TPSA) is 30.7 Å². The van der Waals surface area contributed by atoms with Crippen molar-refractivity contribution >= 4 is 0 Å². The fourth-order valence-corrected chi connectivity index (χ4v) is 1.49. The van der Waals surface area contributed by atoms with Crippen LogP contribution in [0, 0.1) is 26.6 Å². The fraction of sp³-hybridized carbons (Fsp3) is 0.273. The third kappa shape index (κ3) is 1.63. The maximum Gasteiger partial charge on any atom is 0.143 e. The SMILES string of the molecule is Cc1nn(-c2cncc(F)c2)c(C)c1C. The molecule has 2 rings (SSSR count). The second kappa shape index (κ2) is 3.46. The molecular formula is C11H12FN3.